The monoisotopic (exact) mass is 314 g/mol. The molecule has 1 aromatic rings. The number of nitrogens with one attached hydrogen (secondary N) is 1. The van der Waals surface area contributed by atoms with Gasteiger partial charge in [-0.25, -0.2) is 8.42 Å². The molecule has 1 N–H and O–H groups in total. The maximum absolute atomic E-state index is 11.6. The fourth-order valence-corrected chi connectivity index (χ4v) is 4.23. The van der Waals surface area contributed by atoms with Crippen molar-refractivity contribution in [2.24, 2.45) is 0 Å². The van der Waals surface area contributed by atoms with Gasteiger partial charge in [-0.2, -0.15) is 0 Å². The number of hydrogen-bond acceptors (Lipinski definition) is 5. The fraction of sp³-hybridized carbons (Fsp3) is 0.733. The molecule has 21 heavy (non-hydrogen) atoms. The number of sulfone groups is 1. The number of furan rings is 1. The molecule has 0 amide bonds. The smallest absolute Gasteiger partial charge is 0.153 e. The van der Waals surface area contributed by atoms with Crippen LogP contribution < -0.4 is 5.32 Å². The lowest BCUT2D eigenvalue weighted by atomic mass is 10.2. The average Bonchev–Trinajstić information content (AvgIpc) is 2.70. The summed E-state index contributed by atoms with van der Waals surface area (Å²) in [7, 11) is -2.86. The van der Waals surface area contributed by atoms with Crippen LogP contribution in [0.4, 0.5) is 0 Å². The van der Waals surface area contributed by atoms with Crippen molar-refractivity contribution >= 4 is 9.84 Å². The van der Waals surface area contributed by atoms with Crippen molar-refractivity contribution < 1.29 is 12.8 Å². The molecule has 0 spiro atoms. The Bertz CT molecular complexity index is 578. The van der Waals surface area contributed by atoms with E-state index in [0.29, 0.717) is 19.1 Å². The second-order valence-electron chi connectivity index (χ2n) is 6.29. The van der Waals surface area contributed by atoms with Crippen LogP contribution in [0, 0.1) is 6.92 Å². The number of nitrogens with zero attached hydrogens (tertiary/aromatic N) is 1. The van der Waals surface area contributed by atoms with Crippen molar-refractivity contribution in [3.8, 4) is 0 Å². The third-order valence-electron chi connectivity index (χ3n) is 3.91. The van der Waals surface area contributed by atoms with Gasteiger partial charge in [0.05, 0.1) is 24.6 Å². The molecule has 1 aromatic heterocycles. The van der Waals surface area contributed by atoms with Crippen LogP contribution in [0.3, 0.4) is 0 Å². The van der Waals surface area contributed by atoms with Gasteiger partial charge in [-0.15, -0.1) is 0 Å². The second-order valence-corrected chi connectivity index (χ2v) is 8.52. The first-order valence-corrected chi connectivity index (χ1v) is 9.35. The summed E-state index contributed by atoms with van der Waals surface area (Å²) in [4.78, 5) is 2.18. The maximum Gasteiger partial charge on any atom is 0.153 e. The van der Waals surface area contributed by atoms with Crippen LogP contribution in [0.1, 0.15) is 37.9 Å². The summed E-state index contributed by atoms with van der Waals surface area (Å²) >= 11 is 0. The Kier molecular flexibility index (Phi) is 5.11. The molecule has 6 heteroatoms. The molecule has 1 fully saturated rings. The highest BCUT2D eigenvalue weighted by molar-refractivity contribution is 7.91. The van der Waals surface area contributed by atoms with E-state index in [0.717, 1.165) is 23.6 Å². The van der Waals surface area contributed by atoms with Gasteiger partial charge in [0, 0.05) is 18.6 Å². The van der Waals surface area contributed by atoms with Gasteiger partial charge in [-0.1, -0.05) is 13.8 Å². The normalized spacial score (nSPS) is 22.8. The first-order valence-electron chi connectivity index (χ1n) is 7.53. The predicted octanol–water partition coefficient (Wildman–Crippen LogP) is 1.70. The van der Waals surface area contributed by atoms with Crippen LogP contribution in [0.25, 0.3) is 0 Å². The molecule has 5 nitrogen and oxygen atoms in total. The van der Waals surface area contributed by atoms with E-state index in [1.165, 1.54) is 0 Å². The highest BCUT2D eigenvalue weighted by atomic mass is 32.2. The fourth-order valence-electron chi connectivity index (χ4n) is 2.61. The highest BCUT2D eigenvalue weighted by Crippen LogP contribution is 2.20. The molecule has 1 saturated heterocycles. The zero-order valence-electron chi connectivity index (χ0n) is 13.3. The van der Waals surface area contributed by atoms with Gasteiger partial charge in [0.2, 0.25) is 0 Å². The maximum atomic E-state index is 11.6. The molecule has 1 aliphatic rings. The summed E-state index contributed by atoms with van der Waals surface area (Å²) in [6.45, 7) is 10.2. The molecular weight excluding hydrogens is 288 g/mol. The van der Waals surface area contributed by atoms with E-state index < -0.39 is 9.84 Å². The van der Waals surface area contributed by atoms with Gasteiger partial charge in [0.15, 0.2) is 9.84 Å². The van der Waals surface area contributed by atoms with Crippen molar-refractivity contribution in [1.82, 2.24) is 10.2 Å². The molecule has 1 unspecified atom stereocenters. The van der Waals surface area contributed by atoms with Crippen molar-refractivity contribution in [2.45, 2.75) is 52.9 Å². The van der Waals surface area contributed by atoms with E-state index in [2.05, 4.69) is 37.1 Å². The van der Waals surface area contributed by atoms with Crippen LogP contribution in [0.15, 0.2) is 10.5 Å². The highest BCUT2D eigenvalue weighted by Gasteiger charge is 2.28. The number of rotatable bonds is 5. The third-order valence-corrected chi connectivity index (χ3v) is 5.70. The molecule has 0 bridgehead atoms. The van der Waals surface area contributed by atoms with Crippen molar-refractivity contribution in [1.29, 1.82) is 0 Å². The van der Waals surface area contributed by atoms with E-state index in [4.69, 9.17) is 4.42 Å². The van der Waals surface area contributed by atoms with E-state index in [1.807, 2.05) is 6.92 Å². The van der Waals surface area contributed by atoms with Crippen LogP contribution in [-0.2, 0) is 22.9 Å². The molecule has 0 aliphatic carbocycles. The Hall–Kier alpha value is -0.850. The minimum Gasteiger partial charge on any atom is -0.463 e. The summed E-state index contributed by atoms with van der Waals surface area (Å²) in [5.41, 5.74) is 1.15. The Morgan fingerprint density at radius 3 is 2.81 bits per heavy atom. The van der Waals surface area contributed by atoms with Gasteiger partial charge < -0.3 is 9.73 Å². The molecule has 2 rings (SSSR count). The lowest BCUT2D eigenvalue weighted by Gasteiger charge is -2.32. The van der Waals surface area contributed by atoms with Crippen LogP contribution in [0.2, 0.25) is 0 Å². The Morgan fingerprint density at radius 2 is 2.19 bits per heavy atom. The molecule has 0 saturated carbocycles. The largest absolute Gasteiger partial charge is 0.463 e. The number of aryl methyl sites for hydroxylation is 1. The van der Waals surface area contributed by atoms with Gasteiger partial charge in [-0.05, 0) is 25.5 Å². The first kappa shape index (κ1) is 16.5. The predicted molar refractivity (Wildman–Crippen MR) is 83.9 cm³/mol. The summed E-state index contributed by atoms with van der Waals surface area (Å²) in [5, 5.41) is 3.35. The lowest BCUT2D eigenvalue weighted by Crippen LogP contribution is -2.46. The molecular formula is C15H26N2O3S. The van der Waals surface area contributed by atoms with Gasteiger partial charge in [0.25, 0.3) is 0 Å². The summed E-state index contributed by atoms with van der Waals surface area (Å²) < 4.78 is 29.1. The Morgan fingerprint density at radius 1 is 1.48 bits per heavy atom. The quantitative estimate of drug-likeness (QED) is 0.896. The van der Waals surface area contributed by atoms with E-state index in [1.54, 1.807) is 0 Å². The molecule has 2 heterocycles. The zero-order chi connectivity index (χ0) is 15.6. The van der Waals surface area contributed by atoms with E-state index >= 15 is 0 Å². The van der Waals surface area contributed by atoms with Crippen LogP contribution in [-0.4, -0.2) is 43.5 Å². The molecule has 1 aliphatic heterocycles. The molecule has 1 atom stereocenters. The first-order chi connectivity index (χ1) is 9.77. The third kappa shape index (κ3) is 4.56. The van der Waals surface area contributed by atoms with Gasteiger partial charge in [0.1, 0.15) is 11.5 Å². The van der Waals surface area contributed by atoms with Crippen LogP contribution in [0.5, 0.6) is 0 Å². The second kappa shape index (κ2) is 6.50. The van der Waals surface area contributed by atoms with Crippen molar-refractivity contribution in [3.63, 3.8) is 0 Å². The van der Waals surface area contributed by atoms with Crippen molar-refractivity contribution in [3.05, 3.63) is 23.2 Å². The lowest BCUT2D eigenvalue weighted by molar-refractivity contribution is 0.199. The topological polar surface area (TPSA) is 62.6 Å². The van der Waals surface area contributed by atoms with Crippen molar-refractivity contribution in [2.75, 3.05) is 18.1 Å². The van der Waals surface area contributed by atoms with Crippen LogP contribution >= 0.6 is 0 Å². The van der Waals surface area contributed by atoms with E-state index in [-0.39, 0.29) is 17.5 Å². The van der Waals surface area contributed by atoms with Gasteiger partial charge in [-0.3, -0.25) is 4.90 Å². The minimum absolute atomic E-state index is 0.0476. The summed E-state index contributed by atoms with van der Waals surface area (Å²) in [6.07, 6.45) is 0. The summed E-state index contributed by atoms with van der Waals surface area (Å²) in [5.74, 6) is 2.38. The molecule has 0 aromatic carbocycles. The number of hydrogen-bond donors (Lipinski definition) is 1. The zero-order valence-corrected chi connectivity index (χ0v) is 14.2. The molecule has 0 radical (unpaired) electrons. The SMILES string of the molecule is Cc1cc(CN2CCS(=O)(=O)CC2C)oc1CNC(C)C. The Labute approximate surface area is 127 Å². The molecule has 120 valence electrons. The Balaban J connectivity index is 1.99. The van der Waals surface area contributed by atoms with Gasteiger partial charge >= 0.3 is 0 Å². The standard InChI is InChI=1S/C15H26N2O3S/c1-11(2)16-8-15-12(3)7-14(20-15)9-17-5-6-21(18,19)10-13(17)4/h7,11,13,16H,5-6,8-10H2,1-4H3. The average molecular weight is 314 g/mol. The summed E-state index contributed by atoms with van der Waals surface area (Å²) in [6, 6.07) is 2.53. The minimum atomic E-state index is -2.86. The van der Waals surface area contributed by atoms with E-state index in [9.17, 15) is 8.42 Å².